The molecule has 1 aromatic heterocycles. The average Bonchev–Trinajstić information content (AvgIpc) is 3.81. The predicted molar refractivity (Wildman–Crippen MR) is 260 cm³/mol. The summed E-state index contributed by atoms with van der Waals surface area (Å²) in [5.74, 6) is -4.02. The quantitative estimate of drug-likeness (QED) is 0.0556. The summed E-state index contributed by atoms with van der Waals surface area (Å²) in [5.41, 5.74) is -4.37. The Morgan fingerprint density at radius 3 is 2.21 bits per heavy atom. The molecule has 1 aromatic rings. The van der Waals surface area contributed by atoms with Gasteiger partial charge < -0.3 is 74.3 Å². The molecule has 0 saturated carbocycles. The monoisotopic (exact) mass is 988 g/mol. The second kappa shape index (κ2) is 26.7. The number of esters is 1. The molecule has 7 N–H and O–H groups in total. The number of hydrogen-bond donors (Lipinski definition) is 7. The van der Waals surface area contributed by atoms with Gasteiger partial charge in [0, 0.05) is 62.0 Å². The van der Waals surface area contributed by atoms with Crippen molar-refractivity contribution in [3.8, 4) is 0 Å². The maximum absolute atomic E-state index is 14.5. The van der Waals surface area contributed by atoms with E-state index in [9.17, 15) is 30.3 Å². The fourth-order valence-corrected chi connectivity index (χ4v) is 10.9. The zero-order valence-electron chi connectivity index (χ0n) is 43.3. The number of carbonyl (C=O) groups excluding carboxylic acids is 1. The Kier molecular flexibility index (Phi) is 23.0. The van der Waals surface area contributed by atoms with E-state index in [1.807, 2.05) is 44.4 Å². The van der Waals surface area contributed by atoms with Gasteiger partial charge in [-0.2, -0.15) is 0 Å². The van der Waals surface area contributed by atoms with Gasteiger partial charge in [0.15, 0.2) is 12.6 Å². The van der Waals surface area contributed by atoms with E-state index in [4.69, 9.17) is 33.3 Å². The number of aliphatic hydroxyl groups excluding tert-OH is 3. The lowest BCUT2D eigenvalue weighted by atomic mass is 9.73. The predicted octanol–water partition coefficient (Wildman–Crippen LogP) is 3.99. The number of likely N-dealkylation sites (N-methyl/N-ethyl adjacent to an activating group) is 1. The van der Waals surface area contributed by atoms with Crippen molar-refractivity contribution in [2.24, 2.45) is 28.8 Å². The molecule has 0 aliphatic carbocycles. The van der Waals surface area contributed by atoms with Crippen molar-refractivity contribution >= 4 is 23.0 Å². The molecule has 4 heterocycles. The Hall–Kier alpha value is -1.95. The number of aliphatic hydroxyl groups is 5. The van der Waals surface area contributed by atoms with E-state index in [-0.39, 0.29) is 38.0 Å². The summed E-state index contributed by atoms with van der Waals surface area (Å²) in [4.78, 5) is 26.6. The summed E-state index contributed by atoms with van der Waals surface area (Å²) in [6, 6.07) is -0.323. The van der Waals surface area contributed by atoms with Gasteiger partial charge in [0.05, 0.1) is 53.4 Å². The second-order valence-electron chi connectivity index (χ2n) is 20.7. The van der Waals surface area contributed by atoms with Gasteiger partial charge in [0.1, 0.15) is 35.5 Å². The van der Waals surface area contributed by atoms with Gasteiger partial charge in [-0.15, -0.1) is 11.3 Å². The molecule has 18 atom stereocenters. The van der Waals surface area contributed by atoms with Crippen LogP contribution < -0.4 is 10.6 Å². The lowest BCUT2D eigenvalue weighted by molar-refractivity contribution is -0.317. The summed E-state index contributed by atoms with van der Waals surface area (Å²) in [6.07, 6.45) is -3.18. The molecule has 18 nitrogen and oxygen atoms in total. The standard InChI is InChI=1S/C49H89N5O13S/c1-14-36-49(10,60)42(56)31(4)39(53-62-23-21-50-19-17-15-16-18-20-51-28-37-52-22-24-68-37)29(2)26-47(8,59)44(67-46-40(55)35(54(11)12)25-30(3)63-46)32(5)41(33(6)45(58)65-36)66-38-27-48(9,61-13)43(57)34(7)64-38/h22,24,29-36,38,40-44,46,50-51,55-57,59-60H,14-21,23,25-28H2,1-13H3/b53-39+/t29-,30-,31+,32+,33-,34+,35?,36-,38+,40-,41+,42-,43+,44-,46+,47-,48-,49-/m1/s1. The Morgan fingerprint density at radius 2 is 1.59 bits per heavy atom. The van der Waals surface area contributed by atoms with Crippen molar-refractivity contribution in [2.75, 3.05) is 47.4 Å². The van der Waals surface area contributed by atoms with Crippen molar-refractivity contribution in [1.82, 2.24) is 20.5 Å². The maximum Gasteiger partial charge on any atom is 0.311 e. The number of cyclic esters (lactones) is 1. The molecule has 68 heavy (non-hydrogen) atoms. The summed E-state index contributed by atoms with van der Waals surface area (Å²) in [5, 5.41) is 74.4. The molecule has 0 radical (unpaired) electrons. The third kappa shape index (κ3) is 15.5. The number of thiazole rings is 1. The van der Waals surface area contributed by atoms with Crippen LogP contribution in [0.2, 0.25) is 0 Å². The highest BCUT2D eigenvalue weighted by molar-refractivity contribution is 7.09. The van der Waals surface area contributed by atoms with Gasteiger partial charge >= 0.3 is 5.97 Å². The molecule has 4 rings (SSSR count). The second-order valence-corrected chi connectivity index (χ2v) is 21.7. The van der Waals surface area contributed by atoms with Crippen LogP contribution in [-0.2, 0) is 44.6 Å². The number of oxime groups is 1. The first-order valence-corrected chi connectivity index (χ1v) is 25.9. The number of hydrogen-bond acceptors (Lipinski definition) is 19. The number of unbranched alkanes of at least 4 members (excludes halogenated alkanes) is 3. The van der Waals surface area contributed by atoms with Gasteiger partial charge in [0.2, 0.25) is 0 Å². The zero-order valence-corrected chi connectivity index (χ0v) is 44.1. The Labute approximate surface area is 410 Å². The highest BCUT2D eigenvalue weighted by Gasteiger charge is 2.53. The number of methoxy groups -OCH3 is 1. The molecular formula is C49H89N5O13S. The summed E-state index contributed by atoms with van der Waals surface area (Å²) in [6.45, 7) is 20.6. The highest BCUT2D eigenvalue weighted by Crippen LogP contribution is 2.41. The van der Waals surface area contributed by atoms with E-state index in [0.717, 1.165) is 50.3 Å². The number of nitrogens with zero attached hydrogens (tertiary/aromatic N) is 3. The fraction of sp³-hybridized carbons (Fsp3) is 0.898. The third-order valence-electron chi connectivity index (χ3n) is 14.6. The maximum atomic E-state index is 14.5. The molecular weight excluding hydrogens is 899 g/mol. The topological polar surface area (TPSA) is 235 Å². The number of nitrogens with one attached hydrogen (secondary N) is 2. The van der Waals surface area contributed by atoms with E-state index in [2.05, 4.69) is 20.8 Å². The molecule has 3 saturated heterocycles. The van der Waals surface area contributed by atoms with Crippen LogP contribution in [0, 0.1) is 23.7 Å². The van der Waals surface area contributed by atoms with E-state index in [0.29, 0.717) is 18.7 Å². The lowest BCUT2D eigenvalue weighted by Gasteiger charge is -2.49. The molecule has 0 bridgehead atoms. The van der Waals surface area contributed by atoms with E-state index in [1.165, 1.54) is 14.0 Å². The van der Waals surface area contributed by atoms with Crippen LogP contribution in [0.15, 0.2) is 16.7 Å². The molecule has 0 spiro atoms. The van der Waals surface area contributed by atoms with Crippen molar-refractivity contribution in [2.45, 2.75) is 211 Å². The lowest BCUT2D eigenvalue weighted by Crippen LogP contribution is -2.61. The minimum absolute atomic E-state index is 0.00519. The zero-order chi connectivity index (χ0) is 50.6. The third-order valence-corrected chi connectivity index (χ3v) is 15.4. The SMILES string of the molecule is CC[C@H]1OC(=O)[C@H](C)[C@@H](O[C@H]2C[C@@](C)(OC)[C@@H](O)[C@H](C)O2)[C@H](C)[C@@H](O[C@@H]2O[C@H](C)CC(N(C)C)[C@H]2O)[C@](C)(O)C[C@@H](C)/C(=N\OCCNCCCCCCNCc2nccs2)[C@H](C)[C@@H](O)[C@]1(C)O. The summed E-state index contributed by atoms with van der Waals surface area (Å²) in [7, 11) is 5.26. The Bertz CT molecular complexity index is 1660. The van der Waals surface area contributed by atoms with Crippen molar-refractivity contribution < 1.29 is 63.6 Å². The van der Waals surface area contributed by atoms with Gasteiger partial charge in [-0.25, -0.2) is 4.98 Å². The largest absolute Gasteiger partial charge is 0.459 e. The number of aromatic nitrogens is 1. The summed E-state index contributed by atoms with van der Waals surface area (Å²) < 4.78 is 38.0. The first kappa shape index (κ1) is 58.6. The fourth-order valence-electron chi connectivity index (χ4n) is 10.3. The van der Waals surface area contributed by atoms with Crippen LogP contribution in [0.1, 0.15) is 126 Å². The molecule has 0 amide bonds. The number of ether oxygens (including phenoxy) is 6. The average molecular weight is 988 g/mol. The van der Waals surface area contributed by atoms with Crippen LogP contribution >= 0.6 is 11.3 Å². The number of rotatable bonds is 20. The molecule has 3 fully saturated rings. The van der Waals surface area contributed by atoms with Gasteiger partial charge in [-0.05, 0) is 101 Å². The van der Waals surface area contributed by atoms with Crippen LogP contribution in [0.3, 0.4) is 0 Å². The van der Waals surface area contributed by atoms with Crippen LogP contribution in [0.5, 0.6) is 0 Å². The van der Waals surface area contributed by atoms with E-state index in [1.54, 1.807) is 59.8 Å². The van der Waals surface area contributed by atoms with Crippen LogP contribution in [0.25, 0.3) is 0 Å². The molecule has 394 valence electrons. The molecule has 3 aliphatic rings. The smallest absolute Gasteiger partial charge is 0.311 e. The van der Waals surface area contributed by atoms with E-state index >= 15 is 0 Å². The molecule has 19 heteroatoms. The Morgan fingerprint density at radius 1 is 0.912 bits per heavy atom. The first-order chi connectivity index (χ1) is 32.0. The first-order valence-electron chi connectivity index (χ1n) is 25.0. The van der Waals surface area contributed by atoms with Crippen molar-refractivity contribution in [3.05, 3.63) is 16.6 Å². The van der Waals surface area contributed by atoms with Crippen molar-refractivity contribution in [1.29, 1.82) is 0 Å². The van der Waals surface area contributed by atoms with Crippen LogP contribution in [0.4, 0.5) is 0 Å². The van der Waals surface area contributed by atoms with E-state index < -0.39 is 102 Å². The van der Waals surface area contributed by atoms with Gasteiger partial charge in [0.25, 0.3) is 0 Å². The molecule has 0 aromatic carbocycles. The van der Waals surface area contributed by atoms with Crippen molar-refractivity contribution in [3.63, 3.8) is 0 Å². The van der Waals surface area contributed by atoms with Gasteiger partial charge in [-0.3, -0.25) is 4.79 Å². The highest BCUT2D eigenvalue weighted by atomic mass is 32.1. The minimum atomic E-state index is -1.95. The molecule has 3 aliphatic heterocycles. The minimum Gasteiger partial charge on any atom is -0.459 e. The van der Waals surface area contributed by atoms with Gasteiger partial charge in [-0.1, -0.05) is 45.7 Å². The van der Waals surface area contributed by atoms with Crippen LogP contribution in [-0.4, -0.2) is 179 Å². The normalized spacial score (nSPS) is 40.8. The molecule has 1 unspecified atom stereocenters. The Balaban J connectivity index is 1.62. The summed E-state index contributed by atoms with van der Waals surface area (Å²) >= 11 is 1.65. The number of carbonyl (C=O) groups is 1.